The quantitative estimate of drug-likeness (QED) is 0.240. The zero-order valence-electron chi connectivity index (χ0n) is 16.7. The molecular weight excluding hydrogens is 445 g/mol. The van der Waals surface area contributed by atoms with Crippen molar-refractivity contribution in [1.29, 1.82) is 0 Å². The second kappa shape index (κ2) is 14.1. The average Bonchev–Trinajstić information content (AvgIpc) is 2.60. The number of nitrogens with one attached hydrogen (secondary N) is 2. The molecule has 0 aromatic carbocycles. The summed E-state index contributed by atoms with van der Waals surface area (Å²) < 4.78 is 0. The summed E-state index contributed by atoms with van der Waals surface area (Å²) in [5, 5.41) is 6.18. The zero-order valence-corrected chi connectivity index (χ0v) is 19.0. The highest BCUT2D eigenvalue weighted by molar-refractivity contribution is 14.0. The van der Waals surface area contributed by atoms with Gasteiger partial charge in [-0.2, -0.15) is 0 Å². The van der Waals surface area contributed by atoms with Crippen molar-refractivity contribution >= 4 is 41.8 Å². The zero-order chi connectivity index (χ0) is 18.7. The molecular formula is C18H36IN5O2. The van der Waals surface area contributed by atoms with Gasteiger partial charge in [0.1, 0.15) is 0 Å². The fraction of sp³-hybridized carbons (Fsp3) is 0.833. The molecule has 8 heteroatoms. The molecule has 0 aliphatic carbocycles. The Labute approximate surface area is 175 Å². The third-order valence-electron chi connectivity index (χ3n) is 4.39. The van der Waals surface area contributed by atoms with Gasteiger partial charge in [-0.1, -0.05) is 20.3 Å². The first-order chi connectivity index (χ1) is 12.0. The minimum absolute atomic E-state index is 0. The van der Waals surface area contributed by atoms with E-state index in [-0.39, 0.29) is 35.8 Å². The van der Waals surface area contributed by atoms with Gasteiger partial charge in [0, 0.05) is 59.7 Å². The van der Waals surface area contributed by atoms with E-state index in [0.717, 1.165) is 31.8 Å². The van der Waals surface area contributed by atoms with Crippen molar-refractivity contribution < 1.29 is 9.59 Å². The molecule has 0 unspecified atom stereocenters. The van der Waals surface area contributed by atoms with Crippen LogP contribution in [0.4, 0.5) is 0 Å². The van der Waals surface area contributed by atoms with Crippen molar-refractivity contribution in [2.75, 3.05) is 46.8 Å². The van der Waals surface area contributed by atoms with Gasteiger partial charge in [0.25, 0.3) is 0 Å². The Morgan fingerprint density at radius 3 is 2.08 bits per heavy atom. The number of rotatable bonds is 8. The van der Waals surface area contributed by atoms with E-state index in [1.807, 2.05) is 16.8 Å². The standard InChI is InChI=1S/C18H35N5O2.HI/c1-15(2)14-17(25)23-12-10-22(11-13-23)16(24)8-6-5-7-9-21-18(19-3)20-4;/h15H,5-14H2,1-4H3,(H2,19,20,21);1H. The number of unbranched alkanes of at least 4 members (excludes halogenated alkanes) is 2. The Balaban J connectivity index is 0.00000625. The smallest absolute Gasteiger partial charge is 0.222 e. The number of piperazine rings is 1. The van der Waals surface area contributed by atoms with Crippen molar-refractivity contribution in [3.05, 3.63) is 0 Å². The number of hydrogen-bond donors (Lipinski definition) is 2. The normalized spacial score (nSPS) is 14.9. The first-order valence-electron chi connectivity index (χ1n) is 9.41. The third kappa shape index (κ3) is 9.59. The lowest BCUT2D eigenvalue weighted by atomic mass is 10.1. The maximum atomic E-state index is 12.3. The maximum Gasteiger partial charge on any atom is 0.222 e. The Kier molecular flexibility index (Phi) is 13.5. The number of halogens is 1. The molecule has 152 valence electrons. The number of amides is 2. The second-order valence-electron chi connectivity index (χ2n) is 6.92. The lowest BCUT2D eigenvalue weighted by molar-refractivity contribution is -0.140. The second-order valence-corrected chi connectivity index (χ2v) is 6.92. The van der Waals surface area contributed by atoms with E-state index >= 15 is 0 Å². The molecule has 0 aromatic rings. The van der Waals surface area contributed by atoms with Crippen LogP contribution in [0, 0.1) is 5.92 Å². The molecule has 1 fully saturated rings. The minimum Gasteiger partial charge on any atom is -0.359 e. The van der Waals surface area contributed by atoms with Gasteiger partial charge >= 0.3 is 0 Å². The molecule has 1 rings (SSSR count). The van der Waals surface area contributed by atoms with Crippen molar-refractivity contribution in [2.45, 2.75) is 46.0 Å². The number of carbonyl (C=O) groups excluding carboxylic acids is 2. The van der Waals surface area contributed by atoms with Crippen LogP contribution < -0.4 is 10.6 Å². The van der Waals surface area contributed by atoms with Crippen LogP contribution in [0.25, 0.3) is 0 Å². The van der Waals surface area contributed by atoms with Crippen LogP contribution in [0.1, 0.15) is 46.0 Å². The van der Waals surface area contributed by atoms with Crippen molar-refractivity contribution in [1.82, 2.24) is 20.4 Å². The van der Waals surface area contributed by atoms with Crippen molar-refractivity contribution in [3.8, 4) is 0 Å². The van der Waals surface area contributed by atoms with Crippen LogP contribution in [0.15, 0.2) is 4.99 Å². The Morgan fingerprint density at radius 1 is 1.00 bits per heavy atom. The van der Waals surface area contributed by atoms with Gasteiger partial charge in [-0.05, 0) is 18.8 Å². The van der Waals surface area contributed by atoms with E-state index in [0.29, 0.717) is 44.9 Å². The minimum atomic E-state index is 0. The Bertz CT molecular complexity index is 449. The molecule has 0 radical (unpaired) electrons. The highest BCUT2D eigenvalue weighted by Gasteiger charge is 2.23. The van der Waals surface area contributed by atoms with E-state index in [1.165, 1.54) is 0 Å². The SMILES string of the molecule is CN=C(NC)NCCCCCC(=O)N1CCN(C(=O)CC(C)C)CC1.I. The summed E-state index contributed by atoms with van der Waals surface area (Å²) in [7, 11) is 3.58. The lowest BCUT2D eigenvalue weighted by Gasteiger charge is -2.35. The third-order valence-corrected chi connectivity index (χ3v) is 4.39. The molecule has 1 aliphatic heterocycles. The first-order valence-corrected chi connectivity index (χ1v) is 9.41. The Hall–Kier alpha value is -1.06. The summed E-state index contributed by atoms with van der Waals surface area (Å²) in [5.74, 6) is 1.61. The van der Waals surface area contributed by atoms with Gasteiger partial charge < -0.3 is 20.4 Å². The number of guanidine groups is 1. The van der Waals surface area contributed by atoms with E-state index < -0.39 is 0 Å². The molecule has 2 N–H and O–H groups in total. The Morgan fingerprint density at radius 2 is 1.58 bits per heavy atom. The molecule has 26 heavy (non-hydrogen) atoms. The average molecular weight is 481 g/mol. The van der Waals surface area contributed by atoms with Gasteiger partial charge in [0.15, 0.2) is 5.96 Å². The van der Waals surface area contributed by atoms with E-state index in [1.54, 1.807) is 7.05 Å². The lowest BCUT2D eigenvalue weighted by Crippen LogP contribution is -2.50. The summed E-state index contributed by atoms with van der Waals surface area (Å²) in [6, 6.07) is 0. The summed E-state index contributed by atoms with van der Waals surface area (Å²) in [6.45, 7) is 7.65. The molecule has 1 saturated heterocycles. The van der Waals surface area contributed by atoms with E-state index in [2.05, 4.69) is 29.5 Å². The monoisotopic (exact) mass is 481 g/mol. The van der Waals surface area contributed by atoms with Crippen LogP contribution in [-0.2, 0) is 9.59 Å². The predicted molar refractivity (Wildman–Crippen MR) is 117 cm³/mol. The van der Waals surface area contributed by atoms with Gasteiger partial charge in [-0.3, -0.25) is 14.6 Å². The molecule has 0 bridgehead atoms. The molecule has 7 nitrogen and oxygen atoms in total. The van der Waals surface area contributed by atoms with Gasteiger partial charge in [0.05, 0.1) is 0 Å². The number of carbonyl (C=O) groups is 2. The van der Waals surface area contributed by atoms with Crippen molar-refractivity contribution in [2.24, 2.45) is 10.9 Å². The van der Waals surface area contributed by atoms with Crippen LogP contribution in [0.2, 0.25) is 0 Å². The number of hydrogen-bond acceptors (Lipinski definition) is 3. The maximum absolute atomic E-state index is 12.3. The van der Waals surface area contributed by atoms with E-state index in [4.69, 9.17) is 0 Å². The summed E-state index contributed by atoms with van der Waals surface area (Å²) in [5.41, 5.74) is 0. The van der Waals surface area contributed by atoms with Gasteiger partial charge in [-0.15, -0.1) is 24.0 Å². The molecule has 0 spiro atoms. The highest BCUT2D eigenvalue weighted by atomic mass is 127. The van der Waals surface area contributed by atoms with E-state index in [9.17, 15) is 9.59 Å². The molecule has 2 amide bonds. The highest BCUT2D eigenvalue weighted by Crippen LogP contribution is 2.10. The number of nitrogens with zero attached hydrogens (tertiary/aromatic N) is 3. The largest absolute Gasteiger partial charge is 0.359 e. The molecule has 1 aliphatic rings. The van der Waals surface area contributed by atoms with Gasteiger partial charge in [0.2, 0.25) is 11.8 Å². The van der Waals surface area contributed by atoms with Crippen molar-refractivity contribution in [3.63, 3.8) is 0 Å². The summed E-state index contributed by atoms with van der Waals surface area (Å²) in [6.07, 6.45) is 4.14. The predicted octanol–water partition coefficient (Wildman–Crippen LogP) is 1.68. The number of aliphatic imine (C=N–C) groups is 1. The topological polar surface area (TPSA) is 77.0 Å². The first kappa shape index (κ1) is 24.9. The summed E-state index contributed by atoms with van der Waals surface area (Å²) >= 11 is 0. The fourth-order valence-electron chi connectivity index (χ4n) is 2.91. The van der Waals surface area contributed by atoms with Crippen LogP contribution in [0.5, 0.6) is 0 Å². The summed E-state index contributed by atoms with van der Waals surface area (Å²) in [4.78, 5) is 32.2. The van der Waals surface area contributed by atoms with Crippen LogP contribution in [-0.4, -0.2) is 74.4 Å². The molecule has 1 heterocycles. The fourth-order valence-corrected chi connectivity index (χ4v) is 2.91. The van der Waals surface area contributed by atoms with Crippen LogP contribution >= 0.6 is 24.0 Å². The van der Waals surface area contributed by atoms with Gasteiger partial charge in [-0.25, -0.2) is 0 Å². The molecule has 0 atom stereocenters. The molecule has 0 saturated carbocycles. The van der Waals surface area contributed by atoms with Crippen LogP contribution in [0.3, 0.4) is 0 Å². The molecule has 0 aromatic heterocycles.